The lowest BCUT2D eigenvalue weighted by Gasteiger charge is -2.17. The quantitative estimate of drug-likeness (QED) is 0.0141. The number of nitrogens with zero attached hydrogens (tertiary/aromatic N) is 12. The van der Waals surface area contributed by atoms with Crippen molar-refractivity contribution in [1.29, 1.82) is 0 Å². The summed E-state index contributed by atoms with van der Waals surface area (Å²) in [6.07, 6.45) is 17.1. The molecule has 0 aliphatic carbocycles. The van der Waals surface area contributed by atoms with Crippen LogP contribution in [0.2, 0.25) is 5.15 Å². The van der Waals surface area contributed by atoms with Crippen molar-refractivity contribution >= 4 is 74.8 Å². The average Bonchev–Trinajstić information content (AvgIpc) is 1.65. The van der Waals surface area contributed by atoms with Crippen LogP contribution in [0.1, 0.15) is 219 Å². The summed E-state index contributed by atoms with van der Waals surface area (Å²) in [4.78, 5) is 112. The Bertz CT molecular complexity index is 3410. The number of benzene rings is 1. The predicted molar refractivity (Wildman–Crippen MR) is 415 cm³/mol. The first kappa shape index (κ1) is 107. The highest BCUT2D eigenvalue weighted by molar-refractivity contribution is 7.90. The lowest BCUT2D eigenvalue weighted by molar-refractivity contribution is 0.0515. The van der Waals surface area contributed by atoms with E-state index in [0.29, 0.717) is 91.8 Å². The first-order valence-corrected chi connectivity index (χ1v) is 32.1. The van der Waals surface area contributed by atoms with Crippen molar-refractivity contribution in [1.82, 2.24) is 60.5 Å². The van der Waals surface area contributed by atoms with Gasteiger partial charge in [0.15, 0.2) is 5.78 Å². The fraction of sp³-hybridized carbons (Fsp3) is 0.549. The number of ether oxygens (including phenoxy) is 5. The molecule has 0 radical (unpaired) electrons. The number of aromatic nitrogens is 10. The molecule has 0 spiro atoms. The van der Waals surface area contributed by atoms with Gasteiger partial charge in [0.25, 0.3) is 0 Å². The van der Waals surface area contributed by atoms with E-state index < -0.39 is 33.8 Å². The second-order valence-corrected chi connectivity index (χ2v) is 22.1. The molecule has 6 aromatic rings. The van der Waals surface area contributed by atoms with Gasteiger partial charge in [0, 0.05) is 120 Å². The number of sulfone groups is 1. The van der Waals surface area contributed by atoms with Gasteiger partial charge in [-0.3, -0.25) is 4.79 Å². The summed E-state index contributed by atoms with van der Waals surface area (Å²) in [5.74, 6) is 0.415. The molecular formula is C71H126ClN17O13S. The van der Waals surface area contributed by atoms with Crippen molar-refractivity contribution in [2.75, 3.05) is 94.1 Å². The number of carbonyl (C=O) groups is 6. The topological polar surface area (TPSA) is 420 Å². The third kappa shape index (κ3) is 40.4. The fourth-order valence-corrected chi connectivity index (χ4v) is 8.58. The van der Waals surface area contributed by atoms with Gasteiger partial charge >= 0.3 is 30.0 Å². The monoisotopic (exact) mass is 1490 g/mol. The number of aryl methyl sites for hydroxylation is 2. The number of amides is 1. The maximum absolute atomic E-state index is 12.4. The Kier molecular flexibility index (Phi) is 62.0. The van der Waals surface area contributed by atoms with Crippen molar-refractivity contribution in [2.24, 2.45) is 11.5 Å². The molecule has 3 saturated heterocycles. The molecule has 0 saturated carbocycles. The van der Waals surface area contributed by atoms with Crippen molar-refractivity contribution in [2.45, 2.75) is 192 Å². The Hall–Kier alpha value is -9.04. The molecule has 0 unspecified atom stereocenters. The van der Waals surface area contributed by atoms with E-state index in [4.69, 9.17) is 49.1 Å². The first-order valence-electron chi connectivity index (χ1n) is 30.6. The number of halogens is 1. The summed E-state index contributed by atoms with van der Waals surface area (Å²) < 4.78 is 52.3. The van der Waals surface area contributed by atoms with Gasteiger partial charge in [-0.2, -0.15) is 0 Å². The molecule has 9 rings (SSSR count). The Morgan fingerprint density at radius 2 is 1.02 bits per heavy atom. The lowest BCUT2D eigenvalue weighted by atomic mass is 10.0. The number of esters is 4. The van der Waals surface area contributed by atoms with Crippen molar-refractivity contribution in [3.63, 3.8) is 0 Å². The maximum Gasteiger partial charge on any atom is 0.407 e. The molecule has 0 bridgehead atoms. The van der Waals surface area contributed by atoms with Gasteiger partial charge in [-0.05, 0) is 85.4 Å². The van der Waals surface area contributed by atoms with Gasteiger partial charge in [0.05, 0.1) is 61.3 Å². The normalized spacial score (nSPS) is 13.7. The maximum atomic E-state index is 12.4. The van der Waals surface area contributed by atoms with Gasteiger partial charge in [-0.1, -0.05) is 125 Å². The minimum Gasteiger partial charge on any atom is -0.462 e. The molecule has 8 heterocycles. The summed E-state index contributed by atoms with van der Waals surface area (Å²) in [6.45, 7) is 21.4. The number of nitrogen functional groups attached to an aromatic ring is 1. The Morgan fingerprint density at radius 3 is 1.42 bits per heavy atom. The minimum absolute atomic E-state index is 0. The zero-order chi connectivity index (χ0) is 69.6. The van der Waals surface area contributed by atoms with Crippen LogP contribution in [-0.4, -0.2) is 191 Å². The van der Waals surface area contributed by atoms with Crippen LogP contribution in [0.4, 0.5) is 22.4 Å². The van der Waals surface area contributed by atoms with E-state index in [1.54, 1.807) is 66.9 Å². The van der Waals surface area contributed by atoms with Crippen molar-refractivity contribution in [3.8, 4) is 0 Å². The van der Waals surface area contributed by atoms with Crippen molar-refractivity contribution < 1.29 is 62.2 Å². The van der Waals surface area contributed by atoms with E-state index in [-0.39, 0.29) is 133 Å². The zero-order valence-electron chi connectivity index (χ0n) is 55.0. The SMILES string of the molecule is C.C.C.C.C.C.C.C.C.C.CCCOC(=O)N[C@H]1CCN(c2ncc(C(=O)Cc3ccccc3N)cn2)C1.CCOC(=O)c1cnc(C)nc1.CCOC(=O)c1cnc(C)nc1Cl.CCOC(=O)c1cnc(N2CC[C@H](N)C2)nc1.CCOC(=O)c1cnc(S(C)(=O)=O)nc1.N[C@H]1CCNC1.[2H]CC. The number of rotatable bonds is 17. The van der Waals surface area contributed by atoms with Crippen LogP contribution < -0.4 is 37.6 Å². The van der Waals surface area contributed by atoms with Gasteiger partial charge < -0.3 is 61.3 Å². The number of para-hydroxylation sites is 1. The fourth-order valence-electron chi connectivity index (χ4n) is 7.84. The molecule has 3 fully saturated rings. The number of hydrogen-bond donors (Lipinski definition) is 5. The molecule has 8 N–H and O–H groups in total. The Morgan fingerprint density at radius 1 is 0.592 bits per heavy atom. The highest BCUT2D eigenvalue weighted by atomic mass is 35.5. The molecule has 3 aliphatic rings. The van der Waals surface area contributed by atoms with Crippen LogP contribution in [0, 0.1) is 13.8 Å². The smallest absolute Gasteiger partial charge is 0.407 e. The van der Waals surface area contributed by atoms with Gasteiger partial charge in [0.1, 0.15) is 22.4 Å². The largest absolute Gasteiger partial charge is 0.462 e. The van der Waals surface area contributed by atoms with Crippen LogP contribution in [0.3, 0.4) is 0 Å². The van der Waals surface area contributed by atoms with Gasteiger partial charge in [0.2, 0.25) is 26.9 Å². The second kappa shape index (κ2) is 59.5. The number of ketones is 1. The highest BCUT2D eigenvalue weighted by Crippen LogP contribution is 2.19. The standard InChI is InChI=1S/C20H25N5O3.C11H16N4O2.C8H9ClN2O2.C8H10N2O4S.C8H10N2O2.C4H10N2.C2H6.10CH4/c1-2-9-28-20(27)24-16-7-8-25(13-16)19-22-11-15(12-23-19)18(26)10-14-5-3-4-6-17(14)21;1-2-17-10(16)8-5-13-11(14-6-8)15-4-3-9(12)7-15;1-3-13-8(12)6-4-10-5(2)11-7(6)9;1-3-14-7(11)6-4-9-8(10-5-6)15(2,12)13;1-3-12-8(11)7-4-9-6(2)10-5-7;5-4-1-2-6-3-4;1-2;;;;;;;;;;/h3-6,11-12,16H,2,7-10,13,21H2,1H3,(H,24,27);5-6,9H,2-4,7,12H2,1H3;4H,3H2,1-2H3;4-5H,3H2,1-2H3;4-5H,3H2,1-2H3;4,6H,1-3,5H2;1-2H3;10*1H4/t16-;9-;;;;4-;;;;;;;;;;;/m00...0.........../s1/i;;;;;;1D;;;;;;;;;;. The number of Topliss-reactive ketones (excluding diaryl/α,β-unsaturated/α-hetero) is 1. The van der Waals surface area contributed by atoms with Crippen LogP contribution in [0.15, 0.2) is 85.2 Å². The lowest BCUT2D eigenvalue weighted by Crippen LogP contribution is -2.37. The molecule has 5 aromatic heterocycles. The first-order chi connectivity index (χ1) is 44.9. The van der Waals surface area contributed by atoms with E-state index in [1.165, 1.54) is 31.0 Å². The predicted octanol–water partition coefficient (Wildman–Crippen LogP) is 11.7. The molecular weight excluding hydrogens is 1370 g/mol. The molecule has 586 valence electrons. The third-order valence-corrected chi connectivity index (χ3v) is 13.6. The number of nitrogens with two attached hydrogens (primary N) is 3. The number of alkyl carbamates (subject to hydrolysis) is 1. The second-order valence-electron chi connectivity index (χ2n) is 19.9. The molecule has 1 amide bonds. The molecule has 103 heavy (non-hydrogen) atoms. The number of carbonyl (C=O) groups excluding carboxylic acids is 6. The summed E-state index contributed by atoms with van der Waals surface area (Å²) in [5.41, 5.74) is 20.1. The van der Waals surface area contributed by atoms with E-state index >= 15 is 0 Å². The average molecular weight is 1490 g/mol. The molecule has 3 aliphatic heterocycles. The minimum atomic E-state index is -3.43. The summed E-state index contributed by atoms with van der Waals surface area (Å²) in [5, 5.41) is 5.82. The number of hydrogen-bond acceptors (Lipinski definition) is 29. The van der Waals surface area contributed by atoms with E-state index in [9.17, 15) is 37.2 Å². The molecule has 1 aromatic carbocycles. The van der Waals surface area contributed by atoms with E-state index in [2.05, 4.69) is 65.2 Å². The van der Waals surface area contributed by atoms with E-state index in [1.807, 2.05) is 34.9 Å². The van der Waals surface area contributed by atoms with Crippen LogP contribution in [0.25, 0.3) is 0 Å². The van der Waals surface area contributed by atoms with E-state index in [0.717, 1.165) is 82.6 Å². The molecule has 3 atom stereocenters. The molecule has 32 heteroatoms. The summed E-state index contributed by atoms with van der Waals surface area (Å²) in [6, 6.07) is 7.92. The highest BCUT2D eigenvalue weighted by Gasteiger charge is 2.27. The van der Waals surface area contributed by atoms with Crippen LogP contribution >= 0.6 is 11.6 Å². The zero-order valence-corrected chi connectivity index (χ0v) is 55.5. The van der Waals surface area contributed by atoms with Gasteiger partial charge in [-0.25, -0.2) is 82.2 Å². The molecule has 30 nitrogen and oxygen atoms in total. The van der Waals surface area contributed by atoms with Crippen LogP contribution in [-0.2, 0) is 39.9 Å². The Balaban J connectivity index is -0.000000180. The van der Waals surface area contributed by atoms with Crippen LogP contribution in [0.5, 0.6) is 0 Å². The Labute approximate surface area is 622 Å². The number of anilines is 3. The van der Waals surface area contributed by atoms with Gasteiger partial charge in [-0.15, -0.1) is 0 Å². The third-order valence-electron chi connectivity index (χ3n) is 12.5. The summed E-state index contributed by atoms with van der Waals surface area (Å²) >= 11 is 5.71. The number of nitrogens with one attached hydrogen (secondary N) is 2. The van der Waals surface area contributed by atoms with Crippen molar-refractivity contribution in [3.05, 3.63) is 130 Å². The summed E-state index contributed by atoms with van der Waals surface area (Å²) in [7, 11) is -3.43.